The largest absolute Gasteiger partial charge is 0.528 e. The maximum Gasteiger partial charge on any atom is 0.472 e. The number of phosphoric ester groups is 1. The average molecular weight is 498 g/mol. The van der Waals surface area contributed by atoms with Crippen LogP contribution in [0.3, 0.4) is 0 Å². The molecule has 0 saturated heterocycles. The standard InChI is InChI=1S/C6H12NO5P.U.V/c1-2-4-11-13(9,10)12-5-3-7-6-8;;/h1-5H2,(H,7,8)(H,9,10);;/q-2;;. The molecule has 0 spiro atoms. The van der Waals surface area contributed by atoms with Crippen molar-refractivity contribution < 1.29 is 73.0 Å². The predicted octanol–water partition coefficient (Wildman–Crippen LogP) is -0.00151. The molecule has 0 aromatic carbocycles. The summed E-state index contributed by atoms with van der Waals surface area (Å²) in [4.78, 5) is 18.5. The van der Waals surface area contributed by atoms with Gasteiger partial charge in [0.25, 0.3) is 0 Å². The van der Waals surface area contributed by atoms with Gasteiger partial charge in [-0.3, -0.25) is 9.05 Å². The molecule has 0 aliphatic carbocycles. The molecule has 0 saturated carbocycles. The summed E-state index contributed by atoms with van der Waals surface area (Å²) in [7, 11) is -3.96. The summed E-state index contributed by atoms with van der Waals surface area (Å²) >= 11 is 0. The number of hydrogen-bond acceptors (Lipinski definition) is 4. The van der Waals surface area contributed by atoms with Crippen molar-refractivity contribution in [1.29, 1.82) is 0 Å². The molecule has 0 aliphatic heterocycles. The molecule has 15 heavy (non-hydrogen) atoms. The van der Waals surface area contributed by atoms with Gasteiger partial charge in [0, 0.05) is 62.8 Å². The predicted molar refractivity (Wildman–Crippen MR) is 45.4 cm³/mol. The van der Waals surface area contributed by atoms with Gasteiger partial charge in [0.15, 0.2) is 0 Å². The summed E-state index contributed by atoms with van der Waals surface area (Å²) in [5.41, 5.74) is 0. The SMILES string of the molecule is [CH2-]CCOP(=O)(O)OCCN[C-]=O.[U].[V]. The van der Waals surface area contributed by atoms with E-state index in [0.717, 1.165) is 0 Å². The second-order valence-electron chi connectivity index (χ2n) is 2.02. The van der Waals surface area contributed by atoms with Crippen LogP contribution in [-0.2, 0) is 37.0 Å². The van der Waals surface area contributed by atoms with E-state index >= 15 is 0 Å². The number of hydrogen-bond donors (Lipinski definition) is 2. The molecule has 0 rings (SSSR count). The normalized spacial score (nSPS) is 12.9. The Balaban J connectivity index is -0.000000720. The number of amides is 1. The van der Waals surface area contributed by atoms with Crippen LogP contribution in [0.25, 0.3) is 0 Å². The van der Waals surface area contributed by atoms with E-state index < -0.39 is 7.82 Å². The van der Waals surface area contributed by atoms with Crippen molar-refractivity contribution in [3.05, 3.63) is 6.92 Å². The molecule has 0 aliphatic rings. The Morgan fingerprint density at radius 3 is 2.40 bits per heavy atom. The maximum absolute atomic E-state index is 10.9. The van der Waals surface area contributed by atoms with E-state index in [-0.39, 0.29) is 69.4 Å². The van der Waals surface area contributed by atoms with Gasteiger partial charge in [-0.15, -0.1) is 0 Å². The molecule has 1 atom stereocenters. The van der Waals surface area contributed by atoms with E-state index in [0.29, 0.717) is 6.42 Å². The molecule has 0 aromatic rings. The van der Waals surface area contributed by atoms with E-state index in [1.54, 1.807) is 0 Å². The number of rotatable bonds is 8. The van der Waals surface area contributed by atoms with Gasteiger partial charge in [0.1, 0.15) is 0 Å². The first-order valence-corrected chi connectivity index (χ1v) is 5.13. The summed E-state index contributed by atoms with van der Waals surface area (Å²) in [6.07, 6.45) is 1.78. The summed E-state index contributed by atoms with van der Waals surface area (Å²) in [5, 5.41) is 2.15. The molecule has 0 heterocycles. The smallest absolute Gasteiger partial charge is 0.472 e. The van der Waals surface area contributed by atoms with Gasteiger partial charge in [-0.25, -0.2) is 4.57 Å². The molecule has 1 amide bonds. The molecule has 0 aromatic heterocycles. The Morgan fingerprint density at radius 1 is 1.40 bits per heavy atom. The molecule has 6 nitrogen and oxygen atoms in total. The van der Waals surface area contributed by atoms with Gasteiger partial charge in [-0.1, -0.05) is 0 Å². The van der Waals surface area contributed by atoms with Crippen LogP contribution < -0.4 is 5.32 Å². The Morgan fingerprint density at radius 2 is 1.93 bits per heavy atom. The monoisotopic (exact) mass is 498 g/mol. The van der Waals surface area contributed by atoms with Crippen molar-refractivity contribution in [2.45, 2.75) is 6.42 Å². The fourth-order valence-electron chi connectivity index (χ4n) is 0.480. The van der Waals surface area contributed by atoms with E-state index in [9.17, 15) is 9.36 Å². The zero-order valence-corrected chi connectivity index (χ0v) is 14.5. The van der Waals surface area contributed by atoms with Crippen LogP contribution in [0.1, 0.15) is 6.42 Å². The van der Waals surface area contributed by atoms with Crippen molar-refractivity contribution in [2.24, 2.45) is 0 Å². The molecule has 0 bridgehead atoms. The third-order valence-electron chi connectivity index (χ3n) is 0.952. The second kappa shape index (κ2) is 13.3. The molecule has 1 unspecified atom stereocenters. The number of nitrogens with one attached hydrogen (secondary N) is 1. The van der Waals surface area contributed by atoms with Gasteiger partial charge in [0.2, 0.25) is 0 Å². The molecular formula is C6H12NO5PUV-2. The van der Waals surface area contributed by atoms with E-state index in [2.05, 4.69) is 21.3 Å². The molecule has 0 fully saturated rings. The zero-order chi connectivity index (χ0) is 10.2. The van der Waals surface area contributed by atoms with Crippen LogP contribution in [0.2, 0.25) is 0 Å². The second-order valence-corrected chi connectivity index (χ2v) is 3.47. The Bertz CT molecular complexity index is 196. The van der Waals surface area contributed by atoms with Crippen molar-refractivity contribution >= 4 is 14.2 Å². The Kier molecular flexibility index (Phi) is 19.0. The van der Waals surface area contributed by atoms with E-state index in [4.69, 9.17) is 4.89 Å². The molecular weight excluding hydrogens is 486 g/mol. The fraction of sp³-hybridized carbons (Fsp3) is 0.667. The summed E-state index contributed by atoms with van der Waals surface area (Å²) < 4.78 is 19.8. The third-order valence-corrected chi connectivity index (χ3v) is 1.97. The van der Waals surface area contributed by atoms with Crippen molar-refractivity contribution in [2.75, 3.05) is 19.8 Å². The van der Waals surface area contributed by atoms with E-state index in [1.807, 2.05) is 0 Å². The minimum atomic E-state index is -3.96. The summed E-state index contributed by atoms with van der Waals surface area (Å²) in [6.45, 7) is 3.49. The van der Waals surface area contributed by atoms with Crippen molar-refractivity contribution in [3.8, 4) is 0 Å². The minimum Gasteiger partial charge on any atom is -0.528 e. The average Bonchev–Trinajstić information content (AvgIpc) is 2.09. The van der Waals surface area contributed by atoms with Gasteiger partial charge in [-0.2, -0.15) is 12.8 Å². The van der Waals surface area contributed by atoms with Crippen LogP contribution in [0, 0.1) is 38.0 Å². The Hall–Kier alpha value is 1.22. The minimum absolute atomic E-state index is 0. The van der Waals surface area contributed by atoms with Crippen LogP contribution in [-0.4, -0.2) is 31.1 Å². The van der Waals surface area contributed by atoms with Gasteiger partial charge in [-0.05, 0) is 0 Å². The summed E-state index contributed by atoms with van der Waals surface area (Å²) in [5.74, 6) is 0. The van der Waals surface area contributed by atoms with Gasteiger partial charge in [0.05, 0.1) is 6.61 Å². The molecule has 87 valence electrons. The topological polar surface area (TPSA) is 84.9 Å². The molecule has 9 heteroatoms. The van der Waals surface area contributed by atoms with Crippen LogP contribution >= 0.6 is 7.82 Å². The number of phosphoric acid groups is 1. The van der Waals surface area contributed by atoms with Crippen molar-refractivity contribution in [1.82, 2.24) is 5.32 Å². The Labute approximate surface area is 125 Å². The molecule has 1 radical (unpaired) electrons. The van der Waals surface area contributed by atoms with Crippen LogP contribution in [0.4, 0.5) is 0 Å². The quantitative estimate of drug-likeness (QED) is 0.213. The van der Waals surface area contributed by atoms with Crippen molar-refractivity contribution in [3.63, 3.8) is 0 Å². The maximum atomic E-state index is 10.9. The first kappa shape index (κ1) is 21.5. The van der Waals surface area contributed by atoms with Gasteiger partial charge >= 0.3 is 7.82 Å². The fourth-order valence-corrected chi connectivity index (χ4v) is 1.24. The molecule has 2 N–H and O–H groups in total. The van der Waals surface area contributed by atoms with Crippen LogP contribution in [0.5, 0.6) is 0 Å². The van der Waals surface area contributed by atoms with Crippen LogP contribution in [0.15, 0.2) is 0 Å². The summed E-state index contributed by atoms with van der Waals surface area (Å²) in [6, 6.07) is 0. The third kappa shape index (κ3) is 15.2. The van der Waals surface area contributed by atoms with Gasteiger partial charge < -0.3 is 21.9 Å². The zero-order valence-electron chi connectivity index (χ0n) is 8.01. The first-order chi connectivity index (χ1) is 6.12. The first-order valence-electron chi connectivity index (χ1n) is 3.63. The number of carbonyl (C=O) groups excluding carboxylic acids is 1. The van der Waals surface area contributed by atoms with E-state index in [1.165, 1.54) is 6.41 Å².